The molecule has 1 amide bonds. The van der Waals surface area contributed by atoms with E-state index in [9.17, 15) is 27.2 Å². The molecular weight excluding hydrogens is 426 g/mol. The Hall–Kier alpha value is -3.77. The summed E-state index contributed by atoms with van der Waals surface area (Å²) in [5.74, 6) is -2.50. The van der Waals surface area contributed by atoms with Crippen molar-refractivity contribution in [2.45, 2.75) is 18.6 Å². The zero-order valence-corrected chi connectivity index (χ0v) is 16.1. The maximum atomic E-state index is 13.4. The number of nitrogens with one attached hydrogen (secondary N) is 1. The Morgan fingerprint density at radius 1 is 1.29 bits per heavy atom. The molecule has 0 radical (unpaired) electrons. The number of carbonyl (C=O) groups excluding carboxylic acids is 2. The molecule has 2 aromatic heterocycles. The molecule has 3 aromatic rings. The lowest BCUT2D eigenvalue weighted by molar-refractivity contribution is -0.142. The normalized spacial score (nSPS) is 12.5. The number of alkyl halides is 3. The largest absolute Gasteiger partial charge is 0.469 e. The van der Waals surface area contributed by atoms with Gasteiger partial charge in [0.25, 0.3) is 5.91 Å². The number of amides is 1. The van der Waals surface area contributed by atoms with Crippen LogP contribution >= 0.6 is 0 Å². The predicted molar refractivity (Wildman–Crippen MR) is 94.7 cm³/mol. The Kier molecular flexibility index (Phi) is 6.04. The number of nitrogens with zero attached hydrogens (tertiary/aromatic N) is 4. The highest BCUT2D eigenvalue weighted by atomic mass is 19.4. The number of aromatic nitrogens is 4. The maximum Gasteiger partial charge on any atom is 0.435 e. The van der Waals surface area contributed by atoms with Gasteiger partial charge in [0.1, 0.15) is 17.6 Å². The van der Waals surface area contributed by atoms with Crippen LogP contribution in [0.1, 0.15) is 34.5 Å². The van der Waals surface area contributed by atoms with Gasteiger partial charge in [0.05, 0.1) is 13.5 Å². The third-order valence-electron chi connectivity index (χ3n) is 4.13. The maximum absolute atomic E-state index is 13.4. The second kappa shape index (κ2) is 8.53. The van der Waals surface area contributed by atoms with Gasteiger partial charge in [0, 0.05) is 18.7 Å². The fraction of sp³-hybridized carbons (Fsp3) is 0.278. The van der Waals surface area contributed by atoms with Gasteiger partial charge in [0.15, 0.2) is 5.69 Å². The first-order valence-corrected chi connectivity index (χ1v) is 8.67. The van der Waals surface area contributed by atoms with Crippen molar-refractivity contribution < 1.29 is 36.4 Å². The number of ether oxygens (including phenoxy) is 1. The summed E-state index contributed by atoms with van der Waals surface area (Å²) in [6, 6.07) is 4.65. The number of esters is 1. The van der Waals surface area contributed by atoms with Crippen molar-refractivity contribution in [3.8, 4) is 11.4 Å². The minimum atomic E-state index is -4.74. The zero-order valence-electron chi connectivity index (χ0n) is 16.1. The minimum Gasteiger partial charge on any atom is -0.469 e. The van der Waals surface area contributed by atoms with Crippen LogP contribution < -0.4 is 5.32 Å². The average molecular weight is 441 g/mol. The highest BCUT2D eigenvalue weighted by molar-refractivity contribution is 5.93. The van der Waals surface area contributed by atoms with Crippen LogP contribution in [0.5, 0.6) is 0 Å². The number of hydrogen-bond donors (Lipinski definition) is 1. The molecule has 3 rings (SSSR count). The molecule has 0 aliphatic carbocycles. The first-order valence-electron chi connectivity index (χ1n) is 8.67. The fourth-order valence-corrected chi connectivity index (χ4v) is 2.62. The van der Waals surface area contributed by atoms with Crippen LogP contribution in [0.15, 0.2) is 34.9 Å². The number of halogens is 4. The standard InChI is InChI=1S/C18H15F4N5O4/c1-27-12(8-13(25-27)18(20,21)22)16(29)23-11(7-14(28)30-2)17-24-15(26-31-17)9-4-3-5-10(19)6-9/h3-6,8,11H,7H2,1-2H3,(H,23,29)/t11-/m0/s1. The van der Waals surface area contributed by atoms with Crippen molar-refractivity contribution in [2.24, 2.45) is 7.05 Å². The Bertz CT molecular complexity index is 1110. The Balaban J connectivity index is 1.88. The van der Waals surface area contributed by atoms with Gasteiger partial charge < -0.3 is 14.6 Å². The Morgan fingerprint density at radius 2 is 2.03 bits per heavy atom. The van der Waals surface area contributed by atoms with Crippen LogP contribution in [0.4, 0.5) is 17.6 Å². The van der Waals surface area contributed by atoms with E-state index < -0.39 is 47.7 Å². The van der Waals surface area contributed by atoms with Crippen LogP contribution in [-0.4, -0.2) is 38.9 Å². The summed E-state index contributed by atoms with van der Waals surface area (Å²) in [5.41, 5.74) is -1.39. The predicted octanol–water partition coefficient (Wildman–Crippen LogP) is 2.66. The first kappa shape index (κ1) is 21.9. The smallest absolute Gasteiger partial charge is 0.435 e. The van der Waals surface area contributed by atoms with Gasteiger partial charge in [-0.1, -0.05) is 17.3 Å². The van der Waals surface area contributed by atoms with Crippen molar-refractivity contribution in [1.29, 1.82) is 0 Å². The van der Waals surface area contributed by atoms with E-state index in [2.05, 4.69) is 25.3 Å². The molecule has 0 aliphatic heterocycles. The van der Waals surface area contributed by atoms with E-state index in [1.165, 1.54) is 18.2 Å². The van der Waals surface area contributed by atoms with Crippen LogP contribution in [0.25, 0.3) is 11.4 Å². The summed E-state index contributed by atoms with van der Waals surface area (Å²) in [5, 5.41) is 9.32. The minimum absolute atomic E-state index is 0.0153. The summed E-state index contributed by atoms with van der Waals surface area (Å²) < 4.78 is 62.4. The Morgan fingerprint density at radius 3 is 2.65 bits per heavy atom. The number of hydrogen-bond acceptors (Lipinski definition) is 7. The summed E-state index contributed by atoms with van der Waals surface area (Å²) in [6.45, 7) is 0. The second-order valence-corrected chi connectivity index (χ2v) is 6.31. The van der Waals surface area contributed by atoms with Crippen molar-refractivity contribution in [1.82, 2.24) is 25.2 Å². The number of carbonyl (C=O) groups is 2. The van der Waals surface area contributed by atoms with Gasteiger partial charge >= 0.3 is 12.1 Å². The molecule has 0 aliphatic rings. The van der Waals surface area contributed by atoms with Gasteiger partial charge in [0.2, 0.25) is 11.7 Å². The van der Waals surface area contributed by atoms with Crippen LogP contribution in [0.3, 0.4) is 0 Å². The quantitative estimate of drug-likeness (QED) is 0.462. The molecule has 0 spiro atoms. The highest BCUT2D eigenvalue weighted by Crippen LogP contribution is 2.28. The lowest BCUT2D eigenvalue weighted by Gasteiger charge is -2.13. The number of methoxy groups -OCH3 is 1. The second-order valence-electron chi connectivity index (χ2n) is 6.31. The van der Waals surface area contributed by atoms with Gasteiger partial charge in [-0.15, -0.1) is 0 Å². The zero-order chi connectivity index (χ0) is 22.8. The van der Waals surface area contributed by atoms with Gasteiger partial charge in [-0.05, 0) is 12.1 Å². The van der Waals surface area contributed by atoms with E-state index in [0.29, 0.717) is 6.07 Å². The first-order chi connectivity index (χ1) is 14.6. The molecule has 0 fully saturated rings. The molecule has 164 valence electrons. The molecule has 2 heterocycles. The molecular formula is C18H15F4N5O4. The van der Waals surface area contributed by atoms with E-state index in [4.69, 9.17) is 4.52 Å². The summed E-state index contributed by atoms with van der Waals surface area (Å²) in [7, 11) is 2.28. The molecule has 31 heavy (non-hydrogen) atoms. The summed E-state index contributed by atoms with van der Waals surface area (Å²) in [6.07, 6.45) is -5.19. The van der Waals surface area contributed by atoms with E-state index in [-0.39, 0.29) is 17.3 Å². The highest BCUT2D eigenvalue weighted by Gasteiger charge is 2.36. The topological polar surface area (TPSA) is 112 Å². The molecule has 0 bridgehead atoms. The van der Waals surface area contributed by atoms with E-state index in [1.807, 2.05) is 0 Å². The molecule has 1 atom stereocenters. The van der Waals surface area contributed by atoms with E-state index in [0.717, 1.165) is 24.9 Å². The van der Waals surface area contributed by atoms with Crippen LogP contribution in [0.2, 0.25) is 0 Å². The van der Waals surface area contributed by atoms with Gasteiger partial charge in [-0.3, -0.25) is 14.3 Å². The van der Waals surface area contributed by atoms with Crippen LogP contribution in [-0.2, 0) is 22.8 Å². The Labute approximate surface area is 172 Å². The molecule has 0 saturated carbocycles. The molecule has 1 aromatic carbocycles. The average Bonchev–Trinajstić information content (AvgIpc) is 3.34. The molecule has 1 N–H and O–H groups in total. The summed E-state index contributed by atoms with van der Waals surface area (Å²) >= 11 is 0. The van der Waals surface area contributed by atoms with Crippen molar-refractivity contribution in [3.63, 3.8) is 0 Å². The number of aryl methyl sites for hydroxylation is 1. The number of rotatable bonds is 6. The summed E-state index contributed by atoms with van der Waals surface area (Å²) in [4.78, 5) is 28.4. The third kappa shape index (κ3) is 5.05. The molecule has 0 unspecified atom stereocenters. The van der Waals surface area contributed by atoms with Crippen molar-refractivity contribution in [3.05, 3.63) is 53.4 Å². The van der Waals surface area contributed by atoms with Gasteiger partial charge in [-0.25, -0.2) is 4.39 Å². The fourth-order valence-electron chi connectivity index (χ4n) is 2.62. The van der Waals surface area contributed by atoms with Gasteiger partial charge in [-0.2, -0.15) is 23.3 Å². The van der Waals surface area contributed by atoms with Crippen LogP contribution in [0, 0.1) is 5.82 Å². The van der Waals surface area contributed by atoms with E-state index in [1.54, 1.807) is 0 Å². The number of benzene rings is 1. The monoisotopic (exact) mass is 441 g/mol. The molecule has 9 nitrogen and oxygen atoms in total. The SMILES string of the molecule is COC(=O)C[C@H](NC(=O)c1cc(C(F)(F)F)nn1C)c1nc(-c2cccc(F)c2)no1. The van der Waals surface area contributed by atoms with Crippen molar-refractivity contribution in [2.75, 3.05) is 7.11 Å². The van der Waals surface area contributed by atoms with Crippen molar-refractivity contribution >= 4 is 11.9 Å². The third-order valence-corrected chi connectivity index (χ3v) is 4.13. The van der Waals surface area contributed by atoms with E-state index >= 15 is 0 Å². The molecule has 0 saturated heterocycles. The lowest BCUT2D eigenvalue weighted by Crippen LogP contribution is -2.32. The molecule has 13 heteroatoms. The lowest BCUT2D eigenvalue weighted by atomic mass is 10.2.